The number of rotatable bonds is 3. The van der Waals surface area contributed by atoms with Gasteiger partial charge in [-0.05, 0) is 60.7 Å². The van der Waals surface area contributed by atoms with Gasteiger partial charge in [0.05, 0.1) is 24.2 Å². The van der Waals surface area contributed by atoms with E-state index < -0.39 is 0 Å². The lowest BCUT2D eigenvalue weighted by Crippen LogP contribution is -2.36. The molecule has 0 aliphatic carbocycles. The maximum atomic E-state index is 6.13. The summed E-state index contributed by atoms with van der Waals surface area (Å²) in [5.41, 5.74) is 6.14. The molecule has 6 nitrogen and oxygen atoms in total. The summed E-state index contributed by atoms with van der Waals surface area (Å²) in [5, 5.41) is 0.688. The van der Waals surface area contributed by atoms with Crippen LogP contribution in [-0.4, -0.2) is 45.8 Å². The fourth-order valence-electron chi connectivity index (χ4n) is 4.13. The maximum absolute atomic E-state index is 6.13. The zero-order valence-electron chi connectivity index (χ0n) is 17.3. The molecule has 32 heavy (non-hydrogen) atoms. The summed E-state index contributed by atoms with van der Waals surface area (Å²) in [6.07, 6.45) is 0. The number of benzene rings is 3. The highest BCUT2D eigenvalue weighted by Gasteiger charge is 2.18. The lowest BCUT2D eigenvalue weighted by atomic mass is 10.2. The van der Waals surface area contributed by atoms with Crippen molar-refractivity contribution in [1.82, 2.24) is 19.5 Å². The highest BCUT2D eigenvalue weighted by Crippen LogP contribution is 2.30. The van der Waals surface area contributed by atoms with Gasteiger partial charge in [0, 0.05) is 35.1 Å². The topological polar surface area (TPSA) is 56.1 Å². The van der Waals surface area contributed by atoms with E-state index in [0.717, 1.165) is 60.1 Å². The lowest BCUT2D eigenvalue weighted by molar-refractivity contribution is 0.122. The zero-order valence-corrected chi connectivity index (χ0v) is 18.0. The van der Waals surface area contributed by atoms with E-state index in [4.69, 9.17) is 31.3 Å². The van der Waals surface area contributed by atoms with E-state index in [1.165, 1.54) is 5.69 Å². The van der Waals surface area contributed by atoms with Gasteiger partial charge in [0.15, 0.2) is 11.3 Å². The minimum atomic E-state index is 0.617. The molecule has 0 bridgehead atoms. The van der Waals surface area contributed by atoms with E-state index in [-0.39, 0.29) is 0 Å². The molecule has 0 unspecified atom stereocenters. The second kappa shape index (κ2) is 7.89. The van der Waals surface area contributed by atoms with Gasteiger partial charge in [-0.1, -0.05) is 23.7 Å². The number of fused-ring (bicyclic) bond motifs is 2. The van der Waals surface area contributed by atoms with Gasteiger partial charge < -0.3 is 9.64 Å². The van der Waals surface area contributed by atoms with E-state index in [2.05, 4.69) is 33.7 Å². The van der Waals surface area contributed by atoms with Gasteiger partial charge >= 0.3 is 0 Å². The van der Waals surface area contributed by atoms with Crippen LogP contribution in [0.15, 0.2) is 72.8 Å². The van der Waals surface area contributed by atoms with Gasteiger partial charge in [0.25, 0.3) is 0 Å². The number of para-hydroxylation sites is 2. The van der Waals surface area contributed by atoms with Crippen LogP contribution in [0.3, 0.4) is 0 Å². The van der Waals surface area contributed by atoms with E-state index >= 15 is 0 Å². The van der Waals surface area contributed by atoms with Crippen LogP contribution in [0.1, 0.15) is 0 Å². The Morgan fingerprint density at radius 1 is 0.719 bits per heavy atom. The predicted molar refractivity (Wildman–Crippen MR) is 128 cm³/mol. The van der Waals surface area contributed by atoms with Crippen molar-refractivity contribution in [2.45, 2.75) is 0 Å². The first-order valence-electron chi connectivity index (χ1n) is 10.6. The Bertz CT molecular complexity index is 1410. The standard InChI is InChI=1S/C25H20ClN5O/c26-18-7-5-17(6-8-18)24-29-23-25(28-22-4-2-1-3-21(22)27-23)31(24)20-11-9-19(10-12-20)30-13-15-32-16-14-30/h1-12H,13-16H2. The molecule has 0 amide bonds. The van der Waals surface area contributed by atoms with Gasteiger partial charge in [0.2, 0.25) is 0 Å². The fraction of sp³-hybridized carbons (Fsp3) is 0.160. The second-order valence-corrected chi connectivity index (χ2v) is 8.19. The molecular weight excluding hydrogens is 422 g/mol. The summed E-state index contributed by atoms with van der Waals surface area (Å²) in [6.45, 7) is 3.33. The maximum Gasteiger partial charge on any atom is 0.199 e. The molecule has 158 valence electrons. The summed E-state index contributed by atoms with van der Waals surface area (Å²) in [5.74, 6) is 0.783. The molecule has 3 heterocycles. The summed E-state index contributed by atoms with van der Waals surface area (Å²) in [4.78, 5) is 16.9. The van der Waals surface area contributed by atoms with Crippen molar-refractivity contribution in [3.63, 3.8) is 0 Å². The number of aromatic nitrogens is 4. The third-order valence-corrected chi connectivity index (χ3v) is 6.01. The molecule has 1 saturated heterocycles. The van der Waals surface area contributed by atoms with Crippen LogP contribution in [0.25, 0.3) is 39.4 Å². The largest absolute Gasteiger partial charge is 0.378 e. The van der Waals surface area contributed by atoms with Gasteiger partial charge in [-0.25, -0.2) is 15.0 Å². The summed E-state index contributed by atoms with van der Waals surface area (Å²) in [6, 6.07) is 24.1. The van der Waals surface area contributed by atoms with Crippen LogP contribution in [0.4, 0.5) is 5.69 Å². The number of anilines is 1. The van der Waals surface area contributed by atoms with Crippen LogP contribution in [0.2, 0.25) is 5.02 Å². The minimum absolute atomic E-state index is 0.617. The van der Waals surface area contributed by atoms with Crippen LogP contribution in [0.5, 0.6) is 0 Å². The normalized spacial score (nSPS) is 14.3. The average Bonchev–Trinajstić information content (AvgIpc) is 3.22. The van der Waals surface area contributed by atoms with Crippen molar-refractivity contribution in [2.24, 2.45) is 0 Å². The van der Waals surface area contributed by atoms with E-state index in [1.54, 1.807) is 0 Å². The molecule has 1 fully saturated rings. The first kappa shape index (κ1) is 19.2. The van der Waals surface area contributed by atoms with Crippen molar-refractivity contribution in [2.75, 3.05) is 31.2 Å². The molecule has 5 aromatic rings. The van der Waals surface area contributed by atoms with Gasteiger partial charge in [-0.3, -0.25) is 4.57 Å². The molecule has 6 rings (SSSR count). The number of morpholine rings is 1. The minimum Gasteiger partial charge on any atom is -0.378 e. The number of nitrogens with zero attached hydrogens (tertiary/aromatic N) is 5. The molecule has 1 aliphatic rings. The zero-order chi connectivity index (χ0) is 21.5. The third-order valence-electron chi connectivity index (χ3n) is 5.76. The summed E-state index contributed by atoms with van der Waals surface area (Å²) in [7, 11) is 0. The van der Waals surface area contributed by atoms with E-state index in [1.807, 2.05) is 48.5 Å². The smallest absolute Gasteiger partial charge is 0.199 e. The Morgan fingerprint density at radius 2 is 1.38 bits per heavy atom. The van der Waals surface area contributed by atoms with Gasteiger partial charge in [0.1, 0.15) is 5.82 Å². The predicted octanol–water partition coefficient (Wildman–Crippen LogP) is 5.13. The number of halogens is 1. The fourth-order valence-corrected chi connectivity index (χ4v) is 4.25. The molecule has 0 spiro atoms. The first-order valence-corrected chi connectivity index (χ1v) is 11.0. The van der Waals surface area contributed by atoms with Crippen LogP contribution >= 0.6 is 11.6 Å². The van der Waals surface area contributed by atoms with Gasteiger partial charge in [-0.15, -0.1) is 0 Å². The van der Waals surface area contributed by atoms with Crippen molar-refractivity contribution in [1.29, 1.82) is 0 Å². The molecule has 1 aliphatic heterocycles. The Kier molecular flexibility index (Phi) is 4.74. The summed E-state index contributed by atoms with van der Waals surface area (Å²) >= 11 is 6.13. The molecule has 0 saturated carbocycles. The Morgan fingerprint density at radius 3 is 2.09 bits per heavy atom. The van der Waals surface area contributed by atoms with Crippen molar-refractivity contribution in [3.8, 4) is 17.1 Å². The summed E-state index contributed by atoms with van der Waals surface area (Å²) < 4.78 is 7.55. The Balaban J connectivity index is 1.53. The molecule has 2 aromatic heterocycles. The molecule has 0 N–H and O–H groups in total. The van der Waals surface area contributed by atoms with Crippen molar-refractivity contribution >= 4 is 39.6 Å². The first-order chi connectivity index (χ1) is 15.8. The molecule has 3 aromatic carbocycles. The van der Waals surface area contributed by atoms with E-state index in [9.17, 15) is 0 Å². The molecule has 0 atom stereocenters. The number of ether oxygens (including phenoxy) is 1. The quantitative estimate of drug-likeness (QED) is 0.388. The van der Waals surface area contributed by atoms with Crippen LogP contribution in [0, 0.1) is 0 Å². The number of hydrogen-bond donors (Lipinski definition) is 0. The lowest BCUT2D eigenvalue weighted by Gasteiger charge is -2.29. The van der Waals surface area contributed by atoms with Crippen LogP contribution in [-0.2, 0) is 4.74 Å². The number of imidazole rings is 1. The third kappa shape index (κ3) is 3.38. The van der Waals surface area contributed by atoms with Crippen molar-refractivity contribution < 1.29 is 4.74 Å². The second-order valence-electron chi connectivity index (χ2n) is 7.75. The van der Waals surface area contributed by atoms with E-state index in [0.29, 0.717) is 10.7 Å². The number of hydrogen-bond acceptors (Lipinski definition) is 5. The molecular formula is C25H20ClN5O. The van der Waals surface area contributed by atoms with Crippen molar-refractivity contribution in [3.05, 3.63) is 77.8 Å². The SMILES string of the molecule is Clc1ccc(-c2nc3nc4ccccc4nc3n2-c2ccc(N3CCOCC3)cc2)cc1. The Labute approximate surface area is 190 Å². The monoisotopic (exact) mass is 441 g/mol. The van der Waals surface area contributed by atoms with Crippen LogP contribution < -0.4 is 4.90 Å². The Hall–Kier alpha value is -3.48. The molecule has 7 heteroatoms. The molecule has 0 radical (unpaired) electrons. The highest BCUT2D eigenvalue weighted by molar-refractivity contribution is 6.30. The van der Waals surface area contributed by atoms with Gasteiger partial charge in [-0.2, -0.15) is 0 Å². The average molecular weight is 442 g/mol. The highest BCUT2D eigenvalue weighted by atomic mass is 35.5.